The van der Waals surface area contributed by atoms with Gasteiger partial charge in [0.15, 0.2) is 0 Å². The molecule has 0 aliphatic rings. The third kappa shape index (κ3) is 4.01. The van der Waals surface area contributed by atoms with Crippen LogP contribution in [0.3, 0.4) is 0 Å². The first kappa shape index (κ1) is 22.0. The molecule has 0 fully saturated rings. The lowest BCUT2D eigenvalue weighted by Crippen LogP contribution is -2.38. The van der Waals surface area contributed by atoms with Crippen LogP contribution in [0, 0.1) is 0 Å². The first-order valence-corrected chi connectivity index (χ1v) is 13.1. The zero-order valence-corrected chi connectivity index (χ0v) is 21.1. The molecule has 4 heteroatoms. The summed E-state index contributed by atoms with van der Waals surface area (Å²) in [6.45, 7) is 7.40. The second-order valence-electron chi connectivity index (χ2n) is 9.95. The van der Waals surface area contributed by atoms with Crippen LogP contribution < -0.4 is 4.67 Å². The largest absolute Gasteiger partial charge is 0.408 e. The molecule has 6 aromatic rings. The molecule has 3 nitrogen and oxygen atoms in total. The predicted octanol–water partition coefficient (Wildman–Crippen LogP) is 9.53. The molecule has 0 amide bonds. The zero-order valence-electron chi connectivity index (χ0n) is 20.2. The van der Waals surface area contributed by atoms with Crippen LogP contribution in [0.5, 0.6) is 0 Å². The van der Waals surface area contributed by atoms with E-state index in [9.17, 15) is 0 Å². The highest BCUT2D eigenvalue weighted by atomic mass is 31.1. The topological polar surface area (TPSA) is 29.5 Å². The van der Waals surface area contributed by atoms with E-state index in [1.165, 1.54) is 27.1 Å². The fourth-order valence-electron chi connectivity index (χ4n) is 4.75. The van der Waals surface area contributed by atoms with Crippen molar-refractivity contribution in [3.63, 3.8) is 0 Å². The van der Waals surface area contributed by atoms with E-state index in [2.05, 4.69) is 129 Å². The van der Waals surface area contributed by atoms with Gasteiger partial charge in [0.2, 0.25) is 0 Å². The van der Waals surface area contributed by atoms with E-state index in [4.69, 9.17) is 8.39 Å². The molecule has 0 radical (unpaired) electrons. The molecule has 0 aliphatic carbocycles. The normalized spacial score (nSPS) is 12.2. The minimum Gasteiger partial charge on any atom is -0.408 e. The second-order valence-corrected chi connectivity index (χ2v) is 11.3. The van der Waals surface area contributed by atoms with Gasteiger partial charge in [-0.05, 0) is 60.0 Å². The Labute approximate surface area is 206 Å². The highest BCUT2D eigenvalue weighted by Gasteiger charge is 2.28. The standard InChI is InChI=1S/C31H28NO2P/c1-31(2,3)32(21-22-11-5-4-6-12-22)35-33-27-19-17-23-13-7-9-15-25(23)29(27)30-26-16-10-8-14-24(26)18-20-28(30)34-35/h4-20H,21H2,1-3H3. The fraction of sp³-hybridized carbons (Fsp3) is 0.161. The first-order valence-electron chi connectivity index (χ1n) is 12.0. The number of nitrogens with zero attached hydrogens (tertiary/aromatic N) is 1. The molecule has 0 saturated heterocycles. The van der Waals surface area contributed by atoms with Gasteiger partial charge in [0, 0.05) is 22.9 Å². The Bertz CT molecular complexity index is 1620. The average molecular weight is 478 g/mol. The third-order valence-corrected chi connectivity index (χ3v) is 8.37. The number of hydrogen-bond acceptors (Lipinski definition) is 3. The van der Waals surface area contributed by atoms with E-state index in [1.54, 1.807) is 0 Å². The van der Waals surface area contributed by atoms with E-state index < -0.39 is 8.16 Å². The summed E-state index contributed by atoms with van der Waals surface area (Å²) in [5, 5.41) is 6.94. The summed E-state index contributed by atoms with van der Waals surface area (Å²) in [6.07, 6.45) is 0. The van der Waals surface area contributed by atoms with Gasteiger partial charge in [0.1, 0.15) is 11.2 Å². The number of hydrogen-bond donors (Lipinski definition) is 0. The summed E-state index contributed by atoms with van der Waals surface area (Å²) >= 11 is 0. The fourth-order valence-corrected chi connectivity index (χ4v) is 6.40. The molecule has 0 spiro atoms. The van der Waals surface area contributed by atoms with E-state index in [0.717, 1.165) is 28.5 Å². The lowest BCUT2D eigenvalue weighted by Gasteiger charge is -2.32. The Balaban J connectivity index is 1.75. The van der Waals surface area contributed by atoms with Gasteiger partial charge in [-0.3, -0.25) is 0 Å². The summed E-state index contributed by atoms with van der Waals surface area (Å²) in [7, 11) is -1.42. The van der Waals surface area contributed by atoms with E-state index in [0.29, 0.717) is 0 Å². The Morgan fingerprint density at radius 2 is 1.09 bits per heavy atom. The zero-order chi connectivity index (χ0) is 24.0. The lowest BCUT2D eigenvalue weighted by molar-refractivity contribution is 0.500. The van der Waals surface area contributed by atoms with Crippen molar-refractivity contribution in [2.24, 2.45) is 0 Å². The van der Waals surface area contributed by atoms with E-state index in [-0.39, 0.29) is 5.54 Å². The number of fused-ring (bicyclic) bond motifs is 7. The van der Waals surface area contributed by atoms with Gasteiger partial charge in [-0.15, -0.1) is 0 Å². The molecule has 0 unspecified atom stereocenters. The van der Waals surface area contributed by atoms with Crippen molar-refractivity contribution >= 4 is 51.6 Å². The Morgan fingerprint density at radius 1 is 0.600 bits per heavy atom. The SMILES string of the molecule is CC(C)(C)N(Cc1ccccc1)p1oc2ccc3ccccc3c2c2c(ccc3ccccc32)o1. The summed E-state index contributed by atoms with van der Waals surface area (Å²) in [5.74, 6) is 0. The highest BCUT2D eigenvalue weighted by molar-refractivity contribution is 7.39. The molecule has 0 saturated carbocycles. The lowest BCUT2D eigenvalue weighted by atomic mass is 9.99. The molecule has 1 heterocycles. The molecule has 0 N–H and O–H groups in total. The summed E-state index contributed by atoms with van der Waals surface area (Å²) in [4.78, 5) is 0. The molecule has 35 heavy (non-hydrogen) atoms. The molecule has 0 bridgehead atoms. The summed E-state index contributed by atoms with van der Waals surface area (Å²) < 4.78 is 16.0. The minimum absolute atomic E-state index is 0.167. The van der Waals surface area contributed by atoms with Crippen molar-refractivity contribution < 1.29 is 8.39 Å². The number of rotatable bonds is 3. The molecule has 1 aromatic heterocycles. The number of benzene rings is 5. The quantitative estimate of drug-likeness (QED) is 0.254. The van der Waals surface area contributed by atoms with Crippen LogP contribution in [0.1, 0.15) is 26.3 Å². The smallest absolute Gasteiger partial charge is 0.310 e. The molecular weight excluding hydrogens is 449 g/mol. The van der Waals surface area contributed by atoms with Gasteiger partial charge < -0.3 is 8.39 Å². The third-order valence-electron chi connectivity index (χ3n) is 6.53. The van der Waals surface area contributed by atoms with Crippen LogP contribution >= 0.6 is 8.16 Å². The van der Waals surface area contributed by atoms with Crippen molar-refractivity contribution in [1.29, 1.82) is 0 Å². The Morgan fingerprint density at radius 3 is 1.60 bits per heavy atom. The van der Waals surface area contributed by atoms with Crippen molar-refractivity contribution in [3.8, 4) is 0 Å². The molecule has 0 aliphatic heterocycles. The highest BCUT2D eigenvalue weighted by Crippen LogP contribution is 2.44. The first-order chi connectivity index (χ1) is 17.0. The van der Waals surface area contributed by atoms with Crippen molar-refractivity contribution in [2.45, 2.75) is 32.9 Å². The van der Waals surface area contributed by atoms with Crippen LogP contribution in [0.25, 0.3) is 43.5 Å². The van der Waals surface area contributed by atoms with Gasteiger partial charge in [0.05, 0.1) is 0 Å². The second kappa shape index (κ2) is 8.61. The van der Waals surface area contributed by atoms with Gasteiger partial charge in [-0.1, -0.05) is 91.0 Å². The Hall–Kier alpha value is -3.52. The molecule has 174 valence electrons. The monoisotopic (exact) mass is 477 g/mol. The Kier molecular flexibility index (Phi) is 5.40. The van der Waals surface area contributed by atoms with Gasteiger partial charge in [-0.2, -0.15) is 4.67 Å². The van der Waals surface area contributed by atoms with Crippen molar-refractivity contribution in [2.75, 3.05) is 4.67 Å². The predicted molar refractivity (Wildman–Crippen MR) is 149 cm³/mol. The van der Waals surface area contributed by atoms with Crippen molar-refractivity contribution in [3.05, 3.63) is 109 Å². The average Bonchev–Trinajstić information content (AvgIpc) is 3.04. The van der Waals surface area contributed by atoms with Crippen LogP contribution in [0.4, 0.5) is 0 Å². The molecule has 0 atom stereocenters. The summed E-state index contributed by atoms with van der Waals surface area (Å²) in [6, 6.07) is 36.1. The van der Waals surface area contributed by atoms with Crippen LogP contribution in [0.2, 0.25) is 0 Å². The molecule has 5 aromatic carbocycles. The molecule has 6 rings (SSSR count). The van der Waals surface area contributed by atoms with Gasteiger partial charge in [0.25, 0.3) is 0 Å². The van der Waals surface area contributed by atoms with Crippen LogP contribution in [-0.4, -0.2) is 5.54 Å². The minimum atomic E-state index is -1.42. The van der Waals surface area contributed by atoms with E-state index >= 15 is 0 Å². The van der Waals surface area contributed by atoms with Crippen molar-refractivity contribution in [1.82, 2.24) is 0 Å². The van der Waals surface area contributed by atoms with Crippen LogP contribution in [0.15, 0.2) is 112 Å². The summed E-state index contributed by atoms with van der Waals surface area (Å²) in [5.41, 5.74) is 2.80. The molecular formula is C31H28NO2P. The van der Waals surface area contributed by atoms with E-state index in [1.807, 2.05) is 0 Å². The maximum absolute atomic E-state index is 6.83. The van der Waals surface area contributed by atoms with Gasteiger partial charge in [-0.25, -0.2) is 0 Å². The van der Waals surface area contributed by atoms with Crippen LogP contribution in [-0.2, 0) is 6.54 Å². The maximum Gasteiger partial charge on any atom is 0.310 e. The maximum atomic E-state index is 6.83. The van der Waals surface area contributed by atoms with Gasteiger partial charge >= 0.3 is 8.16 Å².